The maximum absolute atomic E-state index is 12.5. The summed E-state index contributed by atoms with van der Waals surface area (Å²) < 4.78 is 42.6. The van der Waals surface area contributed by atoms with Crippen molar-refractivity contribution >= 4 is 17.5 Å². The van der Waals surface area contributed by atoms with Gasteiger partial charge in [-0.2, -0.15) is 13.2 Å². The van der Waals surface area contributed by atoms with Gasteiger partial charge in [0.2, 0.25) is 11.8 Å². The third-order valence-corrected chi connectivity index (χ3v) is 3.67. The molecule has 0 spiro atoms. The van der Waals surface area contributed by atoms with Gasteiger partial charge in [0.05, 0.1) is 18.8 Å². The van der Waals surface area contributed by atoms with Gasteiger partial charge in [0.1, 0.15) is 6.42 Å². The molecule has 0 unspecified atom stereocenters. The highest BCUT2D eigenvalue weighted by atomic mass is 19.4. The van der Waals surface area contributed by atoms with E-state index in [9.17, 15) is 22.8 Å². The van der Waals surface area contributed by atoms with E-state index in [1.54, 1.807) is 0 Å². The van der Waals surface area contributed by atoms with Gasteiger partial charge in [-0.25, -0.2) is 0 Å². The van der Waals surface area contributed by atoms with Crippen LogP contribution >= 0.6 is 0 Å². The van der Waals surface area contributed by atoms with Gasteiger partial charge in [0.25, 0.3) is 0 Å². The highest BCUT2D eigenvalue weighted by molar-refractivity contribution is 6.03. The Morgan fingerprint density at radius 2 is 1.72 bits per heavy atom. The zero-order chi connectivity index (χ0) is 18.3. The Morgan fingerprint density at radius 1 is 1.08 bits per heavy atom. The van der Waals surface area contributed by atoms with E-state index in [-0.39, 0.29) is 12.1 Å². The fourth-order valence-electron chi connectivity index (χ4n) is 2.33. The van der Waals surface area contributed by atoms with Crippen LogP contribution in [0, 0.1) is 0 Å². The number of morpholine rings is 1. The summed E-state index contributed by atoms with van der Waals surface area (Å²) in [6.07, 6.45) is -4.81. The first kappa shape index (κ1) is 19.2. The van der Waals surface area contributed by atoms with Gasteiger partial charge in [-0.05, 0) is 24.3 Å². The average Bonchev–Trinajstić information content (AvgIpc) is 2.55. The van der Waals surface area contributed by atoms with E-state index in [2.05, 4.69) is 15.5 Å². The molecule has 2 rings (SSSR count). The molecule has 2 amide bonds. The molecule has 1 aromatic rings. The summed E-state index contributed by atoms with van der Waals surface area (Å²) in [5, 5.41) is 5.04. The summed E-state index contributed by atoms with van der Waals surface area (Å²) in [6.45, 7) is 4.06. The summed E-state index contributed by atoms with van der Waals surface area (Å²) in [7, 11) is 0. The number of ether oxygens (including phenoxy) is 1. The number of nitrogens with one attached hydrogen (secondary N) is 2. The molecule has 0 saturated carbocycles. The van der Waals surface area contributed by atoms with Gasteiger partial charge >= 0.3 is 6.18 Å². The van der Waals surface area contributed by atoms with Crippen molar-refractivity contribution < 1.29 is 27.5 Å². The third-order valence-electron chi connectivity index (χ3n) is 3.67. The Morgan fingerprint density at radius 3 is 2.32 bits per heavy atom. The maximum Gasteiger partial charge on any atom is 0.416 e. The first-order valence-electron chi connectivity index (χ1n) is 7.88. The Hall–Kier alpha value is -2.13. The molecule has 1 fully saturated rings. The van der Waals surface area contributed by atoms with Gasteiger partial charge in [-0.1, -0.05) is 0 Å². The van der Waals surface area contributed by atoms with E-state index in [1.807, 2.05) is 0 Å². The van der Waals surface area contributed by atoms with Crippen LogP contribution in [0.3, 0.4) is 0 Å². The van der Waals surface area contributed by atoms with Gasteiger partial charge in [0, 0.05) is 31.9 Å². The first-order chi connectivity index (χ1) is 11.8. The van der Waals surface area contributed by atoms with Gasteiger partial charge in [-0.3, -0.25) is 14.5 Å². The van der Waals surface area contributed by atoms with Crippen LogP contribution < -0.4 is 10.6 Å². The zero-order valence-electron chi connectivity index (χ0n) is 13.6. The van der Waals surface area contributed by atoms with Crippen LogP contribution in [0.5, 0.6) is 0 Å². The predicted molar refractivity (Wildman–Crippen MR) is 85.0 cm³/mol. The second-order valence-electron chi connectivity index (χ2n) is 5.60. The van der Waals surface area contributed by atoms with Crippen LogP contribution in [-0.4, -0.2) is 56.1 Å². The number of amides is 2. The first-order valence-corrected chi connectivity index (χ1v) is 7.88. The van der Waals surface area contributed by atoms with Crippen molar-refractivity contribution in [3.8, 4) is 0 Å². The molecule has 0 aliphatic carbocycles. The van der Waals surface area contributed by atoms with Crippen LogP contribution in [0.25, 0.3) is 0 Å². The van der Waals surface area contributed by atoms with Crippen LogP contribution in [0.2, 0.25) is 0 Å². The maximum atomic E-state index is 12.5. The van der Waals surface area contributed by atoms with Crippen molar-refractivity contribution in [3.05, 3.63) is 29.8 Å². The second-order valence-corrected chi connectivity index (χ2v) is 5.60. The zero-order valence-corrected chi connectivity index (χ0v) is 13.6. The standard InChI is InChI=1S/C16H20F3N3O3/c17-16(18,19)12-1-3-13(4-2-12)21-15(24)11-14(23)20-5-6-22-7-9-25-10-8-22/h1-4H,5-11H2,(H,20,23)(H,21,24). The van der Waals surface area contributed by atoms with Crippen LogP contribution in [0.15, 0.2) is 24.3 Å². The molecule has 0 atom stereocenters. The van der Waals surface area contributed by atoms with Crippen molar-refractivity contribution in [2.45, 2.75) is 12.6 Å². The minimum atomic E-state index is -4.43. The topological polar surface area (TPSA) is 70.7 Å². The molecule has 1 aliphatic heterocycles. The average molecular weight is 359 g/mol. The van der Waals surface area contributed by atoms with Crippen molar-refractivity contribution in [3.63, 3.8) is 0 Å². The molecule has 9 heteroatoms. The Balaban J connectivity index is 1.69. The van der Waals surface area contributed by atoms with Crippen molar-refractivity contribution in [2.75, 3.05) is 44.7 Å². The van der Waals surface area contributed by atoms with Crippen LogP contribution in [-0.2, 0) is 20.5 Å². The Bertz CT molecular complexity index is 585. The summed E-state index contributed by atoms with van der Waals surface area (Å²) in [5.41, 5.74) is -0.592. The number of hydrogen-bond acceptors (Lipinski definition) is 4. The van der Waals surface area contributed by atoms with E-state index >= 15 is 0 Å². The van der Waals surface area contributed by atoms with Gasteiger partial charge in [-0.15, -0.1) is 0 Å². The largest absolute Gasteiger partial charge is 0.416 e. The van der Waals surface area contributed by atoms with Gasteiger partial charge in [0.15, 0.2) is 0 Å². The molecule has 25 heavy (non-hydrogen) atoms. The van der Waals surface area contributed by atoms with Crippen molar-refractivity contribution in [2.24, 2.45) is 0 Å². The number of alkyl halides is 3. The van der Waals surface area contributed by atoms with E-state index in [4.69, 9.17) is 4.74 Å². The quantitative estimate of drug-likeness (QED) is 0.755. The highest BCUT2D eigenvalue weighted by Gasteiger charge is 2.30. The lowest BCUT2D eigenvalue weighted by molar-refractivity contribution is -0.137. The molecule has 1 saturated heterocycles. The van der Waals surface area contributed by atoms with E-state index < -0.39 is 23.6 Å². The number of carbonyl (C=O) groups is 2. The molecular weight excluding hydrogens is 339 g/mol. The van der Waals surface area contributed by atoms with E-state index in [0.29, 0.717) is 26.3 Å². The van der Waals surface area contributed by atoms with Crippen LogP contribution in [0.1, 0.15) is 12.0 Å². The minimum absolute atomic E-state index is 0.208. The normalized spacial score (nSPS) is 15.6. The minimum Gasteiger partial charge on any atom is -0.379 e. The third kappa shape index (κ3) is 6.71. The number of rotatable bonds is 6. The summed E-state index contributed by atoms with van der Waals surface area (Å²) in [5.74, 6) is -1.01. The van der Waals surface area contributed by atoms with E-state index in [0.717, 1.165) is 37.4 Å². The molecule has 6 nitrogen and oxygen atoms in total. The van der Waals surface area contributed by atoms with Gasteiger partial charge < -0.3 is 15.4 Å². The summed E-state index contributed by atoms with van der Waals surface area (Å²) in [4.78, 5) is 25.6. The molecule has 0 aromatic heterocycles. The molecule has 0 bridgehead atoms. The van der Waals surface area contributed by atoms with Crippen molar-refractivity contribution in [1.82, 2.24) is 10.2 Å². The predicted octanol–water partition coefficient (Wildman–Crippen LogP) is 1.48. The molecule has 2 N–H and O–H groups in total. The molecular formula is C16H20F3N3O3. The molecule has 1 aliphatic rings. The molecule has 138 valence electrons. The van der Waals surface area contributed by atoms with Crippen LogP contribution in [0.4, 0.5) is 18.9 Å². The summed E-state index contributed by atoms with van der Waals surface area (Å²) in [6, 6.07) is 4.05. The fraction of sp³-hybridized carbons (Fsp3) is 0.500. The second kappa shape index (κ2) is 8.82. The highest BCUT2D eigenvalue weighted by Crippen LogP contribution is 2.29. The number of benzene rings is 1. The van der Waals surface area contributed by atoms with E-state index in [1.165, 1.54) is 0 Å². The number of anilines is 1. The smallest absolute Gasteiger partial charge is 0.379 e. The molecule has 0 radical (unpaired) electrons. The molecule has 1 heterocycles. The Kier molecular flexibility index (Phi) is 6.77. The Labute approximate surface area is 143 Å². The number of hydrogen-bond donors (Lipinski definition) is 2. The van der Waals surface area contributed by atoms with Crippen molar-refractivity contribution in [1.29, 1.82) is 0 Å². The lowest BCUT2D eigenvalue weighted by Gasteiger charge is -2.26. The fourth-order valence-corrected chi connectivity index (χ4v) is 2.33. The monoisotopic (exact) mass is 359 g/mol. The molecule has 1 aromatic carbocycles. The number of halogens is 3. The lowest BCUT2D eigenvalue weighted by Crippen LogP contribution is -2.41. The SMILES string of the molecule is O=C(CC(=O)Nc1ccc(C(F)(F)F)cc1)NCCN1CCOCC1. The number of carbonyl (C=O) groups excluding carboxylic acids is 2. The number of nitrogens with zero attached hydrogens (tertiary/aromatic N) is 1. The summed E-state index contributed by atoms with van der Waals surface area (Å²) >= 11 is 0. The lowest BCUT2D eigenvalue weighted by atomic mass is 10.2.